The van der Waals surface area contributed by atoms with Crippen molar-refractivity contribution in [3.8, 4) is 0 Å². The van der Waals surface area contributed by atoms with E-state index in [1.54, 1.807) is 0 Å². The predicted molar refractivity (Wildman–Crippen MR) is 56.0 cm³/mol. The number of hydrogen-bond acceptors (Lipinski definition) is 4. The standard InChI is InChI=1S/C9H13ClF3NO4/c1-7(2,3)18-6(16)14-8(10,5(15)17-4)9(11,12)13/h1-4H3,(H,14,16). The normalized spacial score (nSPS) is 15.6. The molecule has 1 N–H and O–H groups in total. The highest BCUT2D eigenvalue weighted by atomic mass is 35.5. The van der Waals surface area contributed by atoms with Gasteiger partial charge in [-0.3, -0.25) is 5.32 Å². The van der Waals surface area contributed by atoms with Crippen LogP contribution in [-0.2, 0) is 14.3 Å². The van der Waals surface area contributed by atoms with Crippen LogP contribution in [0.4, 0.5) is 18.0 Å². The summed E-state index contributed by atoms with van der Waals surface area (Å²) < 4.78 is 46.4. The van der Waals surface area contributed by atoms with Crippen molar-refractivity contribution in [2.45, 2.75) is 37.5 Å². The molecule has 0 aromatic rings. The lowest BCUT2D eigenvalue weighted by Gasteiger charge is -2.29. The van der Waals surface area contributed by atoms with E-state index in [9.17, 15) is 22.8 Å². The second-order valence-electron chi connectivity index (χ2n) is 4.27. The average molecular weight is 292 g/mol. The number of rotatable bonds is 2. The molecule has 0 rings (SSSR count). The zero-order valence-corrected chi connectivity index (χ0v) is 10.9. The smallest absolute Gasteiger partial charge is 0.437 e. The molecule has 1 amide bonds. The number of ether oxygens (including phenoxy) is 2. The van der Waals surface area contributed by atoms with Gasteiger partial charge in [-0.25, -0.2) is 9.59 Å². The first kappa shape index (κ1) is 16.8. The van der Waals surface area contributed by atoms with Crippen molar-refractivity contribution in [2.24, 2.45) is 0 Å². The van der Waals surface area contributed by atoms with Crippen molar-refractivity contribution < 1.29 is 32.2 Å². The monoisotopic (exact) mass is 291 g/mol. The molecule has 0 spiro atoms. The number of halogens is 4. The topological polar surface area (TPSA) is 64.6 Å². The Bertz CT molecular complexity index is 340. The van der Waals surface area contributed by atoms with E-state index in [-0.39, 0.29) is 0 Å². The van der Waals surface area contributed by atoms with Gasteiger partial charge in [-0.15, -0.1) is 0 Å². The van der Waals surface area contributed by atoms with Gasteiger partial charge in [0.05, 0.1) is 7.11 Å². The molecule has 1 unspecified atom stereocenters. The molecule has 0 heterocycles. The predicted octanol–water partition coefficient (Wildman–Crippen LogP) is 2.18. The van der Waals surface area contributed by atoms with Crippen LogP contribution in [0.25, 0.3) is 0 Å². The fourth-order valence-corrected chi connectivity index (χ4v) is 0.977. The summed E-state index contributed by atoms with van der Waals surface area (Å²) in [5, 5.41) is 1.25. The number of hydrogen-bond donors (Lipinski definition) is 1. The Morgan fingerprint density at radius 2 is 1.61 bits per heavy atom. The Hall–Kier alpha value is -1.18. The summed E-state index contributed by atoms with van der Waals surface area (Å²) in [6, 6.07) is 0. The van der Waals surface area contributed by atoms with E-state index in [2.05, 4.69) is 9.47 Å². The molecule has 0 aromatic heterocycles. The second-order valence-corrected chi connectivity index (χ2v) is 4.84. The van der Waals surface area contributed by atoms with Gasteiger partial charge in [0, 0.05) is 0 Å². The van der Waals surface area contributed by atoms with E-state index >= 15 is 0 Å². The minimum Gasteiger partial charge on any atom is -0.466 e. The number of alkyl halides is 4. The molecule has 0 aliphatic rings. The van der Waals surface area contributed by atoms with E-state index in [1.165, 1.54) is 26.1 Å². The van der Waals surface area contributed by atoms with Crippen molar-refractivity contribution in [2.75, 3.05) is 7.11 Å². The molecule has 0 fully saturated rings. The Kier molecular flexibility index (Phi) is 4.87. The lowest BCUT2D eigenvalue weighted by Crippen LogP contribution is -2.61. The molecule has 0 saturated carbocycles. The summed E-state index contributed by atoms with van der Waals surface area (Å²) in [6.45, 7) is 4.32. The minimum atomic E-state index is -5.24. The largest absolute Gasteiger partial charge is 0.466 e. The lowest BCUT2D eigenvalue weighted by molar-refractivity contribution is -0.191. The highest BCUT2D eigenvalue weighted by Crippen LogP contribution is 2.35. The Morgan fingerprint density at radius 3 is 1.89 bits per heavy atom. The van der Waals surface area contributed by atoms with Crippen LogP contribution in [0, 0.1) is 0 Å². The first-order chi connectivity index (χ1) is 7.83. The van der Waals surface area contributed by atoms with Gasteiger partial charge in [-0.1, -0.05) is 11.6 Å². The summed E-state index contributed by atoms with van der Waals surface area (Å²) in [6.07, 6.45) is -6.72. The first-order valence-corrected chi connectivity index (χ1v) is 5.06. The van der Waals surface area contributed by atoms with Crippen LogP contribution in [-0.4, -0.2) is 35.9 Å². The van der Waals surface area contributed by atoms with Crippen LogP contribution >= 0.6 is 11.6 Å². The molecule has 5 nitrogen and oxygen atoms in total. The molecule has 0 aromatic carbocycles. The molecule has 0 radical (unpaired) electrons. The van der Waals surface area contributed by atoms with Crippen molar-refractivity contribution in [1.29, 1.82) is 0 Å². The van der Waals surface area contributed by atoms with Crippen LogP contribution in [0.1, 0.15) is 20.8 Å². The molecule has 0 aliphatic carbocycles. The number of methoxy groups -OCH3 is 1. The SMILES string of the molecule is COC(=O)C(Cl)(NC(=O)OC(C)(C)C)C(F)(F)F. The zero-order valence-electron chi connectivity index (χ0n) is 10.1. The third kappa shape index (κ3) is 4.25. The Balaban J connectivity index is 5.06. The van der Waals surface area contributed by atoms with Crippen molar-refractivity contribution >= 4 is 23.7 Å². The molecule has 0 saturated heterocycles. The van der Waals surface area contributed by atoms with Crippen LogP contribution in [0.3, 0.4) is 0 Å². The van der Waals surface area contributed by atoms with Gasteiger partial charge in [-0.05, 0) is 20.8 Å². The van der Waals surface area contributed by atoms with E-state index in [0.717, 1.165) is 0 Å². The average Bonchev–Trinajstić information content (AvgIpc) is 2.11. The highest BCUT2D eigenvalue weighted by Gasteiger charge is 2.62. The van der Waals surface area contributed by atoms with Gasteiger partial charge in [-0.2, -0.15) is 13.2 Å². The third-order valence-corrected chi connectivity index (χ3v) is 1.99. The van der Waals surface area contributed by atoms with Crippen molar-refractivity contribution in [3.05, 3.63) is 0 Å². The second kappa shape index (κ2) is 5.21. The number of alkyl carbamates (subject to hydrolysis) is 1. The lowest BCUT2D eigenvalue weighted by atomic mass is 10.2. The third-order valence-electron chi connectivity index (χ3n) is 1.53. The van der Waals surface area contributed by atoms with Gasteiger partial charge in [0.15, 0.2) is 0 Å². The number of carbonyl (C=O) groups is 2. The molecule has 106 valence electrons. The highest BCUT2D eigenvalue weighted by molar-refractivity contribution is 6.35. The van der Waals surface area contributed by atoms with E-state index in [0.29, 0.717) is 7.11 Å². The summed E-state index contributed by atoms with van der Waals surface area (Å²) in [4.78, 5) is 18.6. The van der Waals surface area contributed by atoms with E-state index in [1.807, 2.05) is 0 Å². The van der Waals surface area contributed by atoms with Gasteiger partial charge < -0.3 is 9.47 Å². The number of esters is 1. The van der Waals surface area contributed by atoms with Crippen LogP contribution in [0.5, 0.6) is 0 Å². The van der Waals surface area contributed by atoms with E-state index in [4.69, 9.17) is 11.6 Å². The van der Waals surface area contributed by atoms with Crippen molar-refractivity contribution in [1.82, 2.24) is 5.32 Å². The Labute approximate surface area is 107 Å². The number of nitrogens with one attached hydrogen (secondary N) is 1. The molecule has 18 heavy (non-hydrogen) atoms. The molecule has 1 atom stereocenters. The maximum atomic E-state index is 12.6. The maximum absolute atomic E-state index is 12.6. The first-order valence-electron chi connectivity index (χ1n) is 4.68. The molecule has 0 bridgehead atoms. The quantitative estimate of drug-likeness (QED) is 0.481. The van der Waals surface area contributed by atoms with Gasteiger partial charge in [0.25, 0.3) is 0 Å². The van der Waals surface area contributed by atoms with Crippen LogP contribution in [0.2, 0.25) is 0 Å². The fraction of sp³-hybridized carbons (Fsp3) is 0.778. The van der Waals surface area contributed by atoms with Crippen molar-refractivity contribution in [3.63, 3.8) is 0 Å². The summed E-state index contributed by atoms with van der Waals surface area (Å²) >= 11 is 5.08. The maximum Gasteiger partial charge on any atom is 0.437 e. The van der Waals surface area contributed by atoms with Gasteiger partial charge in [0.2, 0.25) is 0 Å². The Morgan fingerprint density at radius 1 is 1.17 bits per heavy atom. The van der Waals surface area contributed by atoms with Crippen LogP contribution in [0.15, 0.2) is 0 Å². The minimum absolute atomic E-state index is 0.710. The molecular formula is C9H13ClF3NO4. The molecule has 9 heteroatoms. The summed E-state index contributed by atoms with van der Waals surface area (Å²) in [5.41, 5.74) is -1.04. The summed E-state index contributed by atoms with van der Waals surface area (Å²) in [5.74, 6) is -1.86. The molecule has 0 aliphatic heterocycles. The van der Waals surface area contributed by atoms with Crippen LogP contribution < -0.4 is 5.32 Å². The number of amides is 1. The van der Waals surface area contributed by atoms with Gasteiger partial charge in [0.1, 0.15) is 5.60 Å². The number of carbonyl (C=O) groups excluding carboxylic acids is 2. The molecular weight excluding hydrogens is 279 g/mol. The van der Waals surface area contributed by atoms with E-state index < -0.39 is 28.8 Å². The summed E-state index contributed by atoms with van der Waals surface area (Å²) in [7, 11) is 0.710. The zero-order chi connectivity index (χ0) is 14.8. The fourth-order valence-electron chi connectivity index (χ4n) is 0.823. The van der Waals surface area contributed by atoms with Gasteiger partial charge >= 0.3 is 23.2 Å².